The average molecular weight is 1160 g/mol. The number of nitrogens with zero attached hydrogens (tertiary/aromatic N) is 1. The molecular weight excluding hydrogens is 1060 g/mol. The summed E-state index contributed by atoms with van der Waals surface area (Å²) in [5.74, 6) is 2.95. The van der Waals surface area contributed by atoms with Crippen LogP contribution in [0.1, 0.15) is 170 Å². The molecule has 0 heterocycles. The van der Waals surface area contributed by atoms with E-state index in [1.165, 1.54) is 0 Å². The number of benzene rings is 2. The molecule has 8 fully saturated rings. The molecule has 2 aromatic rings. The number of anilines is 1. The molecule has 2 aromatic carbocycles. The van der Waals surface area contributed by atoms with Crippen LogP contribution in [0.4, 0.5) is 5.69 Å². The molecule has 13 nitrogen and oxygen atoms in total. The highest BCUT2D eigenvalue weighted by Crippen LogP contribution is 2.70. The number of thioether (sulfide) groups is 1. The van der Waals surface area contributed by atoms with E-state index in [0.29, 0.717) is 74.5 Å². The lowest BCUT2D eigenvalue weighted by Crippen LogP contribution is -2.63. The number of aliphatic hydroxyl groups is 4. The maximum Gasteiger partial charge on any atom is 0.241 e. The quantitative estimate of drug-likeness (QED) is 0.0748. The zero-order valence-corrected chi connectivity index (χ0v) is 52.3. The molecule has 23 atom stereocenters. The summed E-state index contributed by atoms with van der Waals surface area (Å²) in [6, 6.07) is 10.6. The Morgan fingerprint density at radius 1 is 0.654 bits per heavy atom. The van der Waals surface area contributed by atoms with Crippen LogP contribution in [0, 0.1) is 92.7 Å². The van der Waals surface area contributed by atoms with Gasteiger partial charge in [0.05, 0.1) is 35.4 Å². The van der Waals surface area contributed by atoms with Crippen LogP contribution < -0.4 is 20.3 Å². The van der Waals surface area contributed by atoms with Crippen molar-refractivity contribution in [3.63, 3.8) is 0 Å². The van der Waals surface area contributed by atoms with Gasteiger partial charge in [0.15, 0.2) is 5.78 Å². The van der Waals surface area contributed by atoms with E-state index in [4.69, 9.17) is 0 Å². The fourth-order valence-corrected chi connectivity index (χ4v) is 23.0. The third-order valence-corrected chi connectivity index (χ3v) is 27.7. The minimum Gasteiger partial charge on any atom is -0.393 e. The van der Waals surface area contributed by atoms with Crippen LogP contribution >= 0.6 is 11.8 Å². The minimum absolute atomic E-state index is 0.0105. The number of sulfonamides is 1. The van der Waals surface area contributed by atoms with E-state index < -0.39 is 40.5 Å². The first kappa shape index (κ1) is 61.3. The van der Waals surface area contributed by atoms with Gasteiger partial charge in [0.1, 0.15) is 0 Å². The summed E-state index contributed by atoms with van der Waals surface area (Å²) in [6.45, 7) is 15.3. The lowest BCUT2D eigenvalue weighted by Gasteiger charge is -2.63. The molecule has 8 aliphatic rings. The van der Waals surface area contributed by atoms with Crippen molar-refractivity contribution in [3.05, 3.63) is 36.4 Å². The molecule has 2 amide bonds. The molecule has 15 heteroatoms. The van der Waals surface area contributed by atoms with Crippen LogP contribution in [0.15, 0.2) is 41.3 Å². The van der Waals surface area contributed by atoms with Gasteiger partial charge in [-0.3, -0.25) is 14.4 Å². The number of amides is 2. The van der Waals surface area contributed by atoms with Crippen LogP contribution in [-0.2, 0) is 24.4 Å². The van der Waals surface area contributed by atoms with Crippen molar-refractivity contribution in [1.29, 1.82) is 0 Å². The monoisotopic (exact) mass is 1160 g/mol. The molecule has 0 aromatic heterocycles. The largest absolute Gasteiger partial charge is 0.393 e. The Hall–Kier alpha value is -2.79. The number of aliphatic hydroxyl groups excluding tert-OH is 4. The number of hydrogen-bond acceptors (Lipinski definition) is 11. The van der Waals surface area contributed by atoms with Gasteiger partial charge in [0.2, 0.25) is 21.8 Å². The summed E-state index contributed by atoms with van der Waals surface area (Å²) in [5, 5.41) is 57.2. The standard InChI is InChI=1S/C66H102N4O9S2/c1-37(46-19-21-49-62-51(36-58(75)65(46,49)6)64(5)29-26-43(32-41(64)34-55(62)73)69-81(78,79)56-16-12-13-44-45(56)14-11-15-53(44)70(8)9)17-23-59(76)67-42-25-28-63(4)40(31-42)33-54(72)61-48-22-20-47(66(48,7)57(74)35-50(61)63)38(2)18-24-60(77)68-52(39(3)71)27-30-80-10/h11-16,37-38,40-43,46-52,54-55,57-58,61-62,69,72-75H,17-36H2,1-10H3,(H,67,76)(H,68,77)/t37-,38-,40+,41+,42-,43-,46?,47?,48+,49?,50?,51?,52+,54+,55+,57?,58?,61-,62-,63?,64?,65?,66?/m1/s1. The third-order valence-electron chi connectivity index (χ3n) is 25.5. The van der Waals surface area contributed by atoms with Gasteiger partial charge < -0.3 is 36.0 Å². The summed E-state index contributed by atoms with van der Waals surface area (Å²) in [4.78, 5) is 41.6. The normalized spacial score (nSPS) is 42.0. The molecule has 0 bridgehead atoms. The molecule has 0 spiro atoms. The number of ketones is 1. The highest BCUT2D eigenvalue weighted by molar-refractivity contribution is 7.98. The van der Waals surface area contributed by atoms with Crippen LogP contribution in [0.5, 0.6) is 0 Å². The van der Waals surface area contributed by atoms with Crippen molar-refractivity contribution < 1.29 is 43.2 Å². The van der Waals surface area contributed by atoms with Gasteiger partial charge >= 0.3 is 0 Å². The van der Waals surface area contributed by atoms with E-state index in [1.807, 2.05) is 55.6 Å². The van der Waals surface area contributed by atoms with Crippen molar-refractivity contribution in [3.8, 4) is 0 Å². The van der Waals surface area contributed by atoms with Gasteiger partial charge in [-0.1, -0.05) is 65.8 Å². The highest BCUT2D eigenvalue weighted by atomic mass is 32.2. The predicted molar refractivity (Wildman–Crippen MR) is 323 cm³/mol. The summed E-state index contributed by atoms with van der Waals surface area (Å²) >= 11 is 1.67. The smallest absolute Gasteiger partial charge is 0.241 e. The van der Waals surface area contributed by atoms with Gasteiger partial charge in [-0.25, -0.2) is 13.1 Å². The Labute approximate surface area is 489 Å². The molecule has 0 saturated heterocycles. The molecule has 7 N–H and O–H groups in total. The zero-order chi connectivity index (χ0) is 58.3. The first-order valence-corrected chi connectivity index (χ1v) is 34.7. The number of carbonyl (C=O) groups is 3. The Morgan fingerprint density at radius 3 is 1.69 bits per heavy atom. The SMILES string of the molecule is CSCC[C@H](NC(=O)CC[C@@H](C)C1CC[C@H]2[C@@H]3C(CC(O)C12C)C1(C)CC[C@@H](NC(=O)CC[C@@H](C)C2CCC4[C@@H]5C(CC(O)C42C)C2(C)CC[C@@H](NS(=O)(=O)c4cccc6c(N(C)C)cccc46)C[C@H]2C[C@@H]5O)C[C@H]1C[C@@H]3O)C(C)=O. The molecule has 11 unspecified atom stereocenters. The number of rotatable bonds is 18. The van der Waals surface area contributed by atoms with Gasteiger partial charge in [-0.15, -0.1) is 0 Å². The Balaban J connectivity index is 0.715. The second-order valence-electron chi connectivity index (χ2n) is 29.4. The van der Waals surface area contributed by atoms with Gasteiger partial charge in [-0.2, -0.15) is 11.8 Å². The number of hydrogen-bond donors (Lipinski definition) is 7. The molecule has 81 heavy (non-hydrogen) atoms. The molecule has 8 saturated carbocycles. The van der Waals surface area contributed by atoms with Crippen molar-refractivity contribution in [2.24, 2.45) is 92.7 Å². The van der Waals surface area contributed by atoms with Crippen molar-refractivity contribution >= 4 is 55.8 Å². The first-order valence-electron chi connectivity index (χ1n) is 31.8. The van der Waals surface area contributed by atoms with Gasteiger partial charge in [0, 0.05) is 55.5 Å². The topological polar surface area (TPSA) is 206 Å². The van der Waals surface area contributed by atoms with Crippen molar-refractivity contribution in [2.75, 3.05) is 31.0 Å². The van der Waals surface area contributed by atoms with Crippen LogP contribution in [0.25, 0.3) is 10.8 Å². The lowest BCUT2D eigenvalue weighted by atomic mass is 9.43. The van der Waals surface area contributed by atoms with E-state index >= 15 is 0 Å². The number of fused-ring (bicyclic) bond motifs is 11. The van der Waals surface area contributed by atoms with Gasteiger partial charge in [-0.05, 0) is 233 Å². The summed E-state index contributed by atoms with van der Waals surface area (Å²) in [7, 11) is 0.0878. The maximum atomic E-state index is 14.2. The van der Waals surface area contributed by atoms with Gasteiger partial charge in [0.25, 0.3) is 0 Å². The van der Waals surface area contributed by atoms with Crippen LogP contribution in [0.2, 0.25) is 0 Å². The molecule has 452 valence electrons. The Kier molecular flexibility index (Phi) is 17.8. The number of nitrogens with one attached hydrogen (secondary N) is 3. The third kappa shape index (κ3) is 10.9. The fraction of sp³-hybridized carbons (Fsp3) is 0.803. The summed E-state index contributed by atoms with van der Waals surface area (Å²) in [6.07, 6.45) is 14.2. The van der Waals surface area contributed by atoms with Crippen LogP contribution in [0.3, 0.4) is 0 Å². The minimum atomic E-state index is -3.84. The lowest BCUT2D eigenvalue weighted by molar-refractivity contribution is -0.202. The Morgan fingerprint density at radius 2 is 1.16 bits per heavy atom. The zero-order valence-electron chi connectivity index (χ0n) is 50.7. The molecule has 8 aliphatic carbocycles. The second kappa shape index (κ2) is 23.5. The predicted octanol–water partition coefficient (Wildman–Crippen LogP) is 9.90. The van der Waals surface area contributed by atoms with E-state index in [0.717, 1.165) is 74.6 Å². The number of Topliss-reactive ketones (excluding diaryl/α,β-unsaturated/α-hetero) is 1. The fourth-order valence-electron chi connectivity index (χ4n) is 21.0. The summed E-state index contributed by atoms with van der Waals surface area (Å²) < 4.78 is 31.4. The average Bonchev–Trinajstić information content (AvgIpc) is 3.54. The van der Waals surface area contributed by atoms with E-state index in [1.54, 1.807) is 24.8 Å². The molecule has 10 rings (SSSR count). The van der Waals surface area contributed by atoms with E-state index in [-0.39, 0.29) is 122 Å². The van der Waals surface area contributed by atoms with E-state index in [9.17, 15) is 43.2 Å². The maximum absolute atomic E-state index is 14.2. The first-order chi connectivity index (χ1) is 38.3. The summed E-state index contributed by atoms with van der Waals surface area (Å²) in [5.41, 5.74) is 0.0829. The van der Waals surface area contributed by atoms with Crippen molar-refractivity contribution in [2.45, 2.75) is 218 Å². The highest BCUT2D eigenvalue weighted by Gasteiger charge is 2.68. The van der Waals surface area contributed by atoms with Crippen molar-refractivity contribution in [1.82, 2.24) is 15.4 Å². The second-order valence-corrected chi connectivity index (χ2v) is 32.1. The molecular formula is C66H102N4O9S2. The van der Waals surface area contributed by atoms with Crippen LogP contribution in [-0.4, -0.2) is 115 Å². The van der Waals surface area contributed by atoms with E-state index in [2.05, 4.69) is 56.9 Å². The Bertz CT molecular complexity index is 2750. The molecule has 0 aliphatic heterocycles. The molecule has 0 radical (unpaired) electrons. The number of carbonyl (C=O) groups excluding carboxylic acids is 3.